The Hall–Kier alpha value is -1.28. The van der Waals surface area contributed by atoms with Gasteiger partial charge in [-0.2, -0.15) is 0 Å². The molecule has 0 saturated heterocycles. The van der Waals surface area contributed by atoms with Crippen LogP contribution >= 0.6 is 0 Å². The maximum Gasteiger partial charge on any atom is 0.122 e. The van der Waals surface area contributed by atoms with Crippen LogP contribution in [-0.2, 0) is 6.42 Å². The summed E-state index contributed by atoms with van der Waals surface area (Å²) in [6.45, 7) is 6.99. The van der Waals surface area contributed by atoms with E-state index < -0.39 is 0 Å². The van der Waals surface area contributed by atoms with Crippen molar-refractivity contribution in [1.29, 1.82) is 0 Å². The number of hydrogen-bond donors (Lipinski definition) is 1. The lowest BCUT2D eigenvalue weighted by Gasteiger charge is -2.06. The smallest absolute Gasteiger partial charge is 0.122 e. The van der Waals surface area contributed by atoms with Crippen LogP contribution in [0, 0.1) is 0 Å². The molecule has 0 atom stereocenters. The van der Waals surface area contributed by atoms with E-state index >= 15 is 0 Å². The van der Waals surface area contributed by atoms with Gasteiger partial charge in [0.05, 0.1) is 7.11 Å². The maximum absolute atomic E-state index is 5.21. The van der Waals surface area contributed by atoms with Crippen molar-refractivity contribution in [3.8, 4) is 5.75 Å². The molecule has 1 N–H and O–H groups in total. The molecule has 0 fully saturated rings. The van der Waals surface area contributed by atoms with E-state index in [1.54, 1.807) is 7.11 Å². The van der Waals surface area contributed by atoms with Gasteiger partial charge in [-0.1, -0.05) is 18.2 Å². The Morgan fingerprint density at radius 1 is 1.29 bits per heavy atom. The van der Waals surface area contributed by atoms with E-state index in [-0.39, 0.29) is 0 Å². The normalized spacial score (nSPS) is 8.71. The summed E-state index contributed by atoms with van der Waals surface area (Å²) < 4.78 is 5.21. The fourth-order valence-corrected chi connectivity index (χ4v) is 1.17. The molecular weight excluding hydrogens is 174 g/mol. The van der Waals surface area contributed by atoms with Crippen molar-refractivity contribution in [2.45, 2.75) is 6.42 Å². The molecule has 0 unspecified atom stereocenters. The second-order valence-corrected chi connectivity index (χ2v) is 2.67. The van der Waals surface area contributed by atoms with Gasteiger partial charge in [0, 0.05) is 0 Å². The van der Waals surface area contributed by atoms with Crippen LogP contribution in [0.15, 0.2) is 37.4 Å². The molecule has 0 aliphatic rings. The molecule has 0 amide bonds. The third-order valence-electron chi connectivity index (χ3n) is 1.84. The monoisotopic (exact) mass is 193 g/mol. The third-order valence-corrected chi connectivity index (χ3v) is 1.84. The van der Waals surface area contributed by atoms with Crippen molar-refractivity contribution in [1.82, 2.24) is 5.32 Å². The van der Waals surface area contributed by atoms with Gasteiger partial charge in [0.2, 0.25) is 0 Å². The summed E-state index contributed by atoms with van der Waals surface area (Å²) in [5, 5.41) is 3.11. The topological polar surface area (TPSA) is 21.3 Å². The SMILES string of the molecule is C=C.CNCCc1ccccc1OC. The van der Waals surface area contributed by atoms with Gasteiger partial charge in [-0.05, 0) is 31.6 Å². The van der Waals surface area contributed by atoms with Crippen molar-refractivity contribution >= 4 is 0 Å². The molecule has 0 aliphatic carbocycles. The fourth-order valence-electron chi connectivity index (χ4n) is 1.17. The van der Waals surface area contributed by atoms with Gasteiger partial charge in [-0.3, -0.25) is 0 Å². The molecule has 0 aromatic heterocycles. The average Bonchev–Trinajstić information content (AvgIpc) is 2.29. The van der Waals surface area contributed by atoms with Crippen LogP contribution in [0.2, 0.25) is 0 Å². The number of likely N-dealkylation sites (N-methyl/N-ethyl adjacent to an activating group) is 1. The lowest BCUT2D eigenvalue weighted by atomic mass is 10.1. The summed E-state index contributed by atoms with van der Waals surface area (Å²) >= 11 is 0. The number of nitrogens with one attached hydrogen (secondary N) is 1. The summed E-state index contributed by atoms with van der Waals surface area (Å²) in [6, 6.07) is 8.11. The van der Waals surface area contributed by atoms with Gasteiger partial charge in [-0.15, -0.1) is 13.2 Å². The predicted molar refractivity (Wildman–Crippen MR) is 61.9 cm³/mol. The van der Waals surface area contributed by atoms with Crippen LogP contribution in [0.5, 0.6) is 5.75 Å². The van der Waals surface area contributed by atoms with Crippen molar-refractivity contribution in [2.24, 2.45) is 0 Å². The van der Waals surface area contributed by atoms with E-state index in [0.717, 1.165) is 18.7 Å². The molecule has 2 heteroatoms. The Morgan fingerprint density at radius 2 is 1.93 bits per heavy atom. The first-order valence-corrected chi connectivity index (χ1v) is 4.65. The number of rotatable bonds is 4. The van der Waals surface area contributed by atoms with Crippen LogP contribution < -0.4 is 10.1 Å². The molecule has 1 rings (SSSR count). The van der Waals surface area contributed by atoms with Crippen molar-refractivity contribution in [3.63, 3.8) is 0 Å². The molecular formula is C12H19NO. The number of ether oxygens (including phenoxy) is 1. The molecule has 0 heterocycles. The van der Waals surface area contributed by atoms with Crippen LogP contribution in [0.3, 0.4) is 0 Å². The molecule has 0 bridgehead atoms. The molecule has 0 radical (unpaired) electrons. The van der Waals surface area contributed by atoms with Gasteiger partial charge in [0.25, 0.3) is 0 Å². The van der Waals surface area contributed by atoms with E-state index in [1.807, 2.05) is 25.2 Å². The number of para-hydroxylation sites is 1. The first-order valence-electron chi connectivity index (χ1n) is 4.65. The number of hydrogen-bond acceptors (Lipinski definition) is 2. The van der Waals surface area contributed by atoms with E-state index in [0.29, 0.717) is 0 Å². The largest absolute Gasteiger partial charge is 0.496 e. The molecule has 0 aliphatic heterocycles. The second-order valence-electron chi connectivity index (χ2n) is 2.67. The van der Waals surface area contributed by atoms with Gasteiger partial charge in [0.1, 0.15) is 5.75 Å². The van der Waals surface area contributed by atoms with Crippen LogP contribution in [-0.4, -0.2) is 20.7 Å². The Bertz CT molecular complexity index is 248. The zero-order chi connectivity index (χ0) is 10.8. The van der Waals surface area contributed by atoms with E-state index in [2.05, 4.69) is 24.5 Å². The maximum atomic E-state index is 5.21. The minimum absolute atomic E-state index is 0.979. The second kappa shape index (κ2) is 8.32. The van der Waals surface area contributed by atoms with Gasteiger partial charge < -0.3 is 10.1 Å². The Morgan fingerprint density at radius 3 is 2.50 bits per heavy atom. The van der Waals surface area contributed by atoms with Crippen molar-refractivity contribution in [2.75, 3.05) is 20.7 Å². The van der Waals surface area contributed by atoms with E-state index in [9.17, 15) is 0 Å². The number of benzene rings is 1. The number of methoxy groups -OCH3 is 1. The summed E-state index contributed by atoms with van der Waals surface area (Å²) in [5.41, 5.74) is 1.26. The molecule has 14 heavy (non-hydrogen) atoms. The zero-order valence-corrected chi connectivity index (χ0v) is 9.05. The molecule has 0 spiro atoms. The average molecular weight is 193 g/mol. The van der Waals surface area contributed by atoms with E-state index in [1.165, 1.54) is 5.56 Å². The molecule has 1 aromatic rings. The first-order chi connectivity index (χ1) is 6.88. The molecule has 1 aromatic carbocycles. The summed E-state index contributed by atoms with van der Waals surface area (Å²) in [5.74, 6) is 0.979. The van der Waals surface area contributed by atoms with E-state index in [4.69, 9.17) is 4.74 Å². The quantitative estimate of drug-likeness (QED) is 0.741. The molecule has 2 nitrogen and oxygen atoms in total. The van der Waals surface area contributed by atoms with Gasteiger partial charge >= 0.3 is 0 Å². The summed E-state index contributed by atoms with van der Waals surface area (Å²) in [7, 11) is 3.66. The Kier molecular flexibility index (Phi) is 7.56. The van der Waals surface area contributed by atoms with Crippen molar-refractivity contribution in [3.05, 3.63) is 43.0 Å². The standard InChI is InChI=1S/C10H15NO.C2H4/c1-11-8-7-9-5-3-4-6-10(9)12-2;1-2/h3-6,11H,7-8H2,1-2H3;1-2H2. The van der Waals surface area contributed by atoms with Gasteiger partial charge in [0.15, 0.2) is 0 Å². The highest BCUT2D eigenvalue weighted by atomic mass is 16.5. The predicted octanol–water partition coefficient (Wildman–Crippen LogP) is 2.26. The summed E-state index contributed by atoms with van der Waals surface area (Å²) in [6.07, 6.45) is 1.01. The highest BCUT2D eigenvalue weighted by Crippen LogP contribution is 2.16. The Labute approximate surface area is 86.6 Å². The fraction of sp³-hybridized carbons (Fsp3) is 0.333. The van der Waals surface area contributed by atoms with Crippen LogP contribution in [0.4, 0.5) is 0 Å². The van der Waals surface area contributed by atoms with Gasteiger partial charge in [-0.25, -0.2) is 0 Å². The molecule has 78 valence electrons. The lowest BCUT2D eigenvalue weighted by molar-refractivity contribution is 0.409. The van der Waals surface area contributed by atoms with Crippen molar-refractivity contribution < 1.29 is 4.74 Å². The minimum Gasteiger partial charge on any atom is -0.496 e. The molecule has 0 saturated carbocycles. The third kappa shape index (κ3) is 4.10. The summed E-state index contributed by atoms with van der Waals surface area (Å²) in [4.78, 5) is 0. The highest BCUT2D eigenvalue weighted by molar-refractivity contribution is 5.33. The van der Waals surface area contributed by atoms with Crippen LogP contribution in [0.1, 0.15) is 5.56 Å². The lowest BCUT2D eigenvalue weighted by Crippen LogP contribution is -2.10. The minimum atomic E-state index is 0.979. The Balaban J connectivity index is 0.000000791. The van der Waals surface area contributed by atoms with Crippen LogP contribution in [0.25, 0.3) is 0 Å². The highest BCUT2D eigenvalue weighted by Gasteiger charge is 1.98. The first kappa shape index (κ1) is 12.7. The zero-order valence-electron chi connectivity index (χ0n) is 9.05.